The maximum absolute atomic E-state index is 11.6. The topological polar surface area (TPSA) is 17.1 Å². The number of unbranched alkanes of at least 4 members (excludes halogenated alkanes) is 2. The lowest BCUT2D eigenvalue weighted by molar-refractivity contribution is 0.0979. The molecule has 0 aliphatic rings. The van der Waals surface area contributed by atoms with E-state index in [1.807, 2.05) is 30.3 Å². The maximum Gasteiger partial charge on any atom is 0.162 e. The van der Waals surface area contributed by atoms with E-state index in [1.165, 1.54) is 19.2 Å². The van der Waals surface area contributed by atoms with Crippen LogP contribution in [-0.4, -0.2) is 13.6 Å². The van der Waals surface area contributed by atoms with E-state index in [9.17, 15) is 4.79 Å². The fourth-order valence-corrected chi connectivity index (χ4v) is 1.48. The van der Waals surface area contributed by atoms with Gasteiger partial charge in [0.15, 0.2) is 5.78 Å². The van der Waals surface area contributed by atoms with Gasteiger partial charge < -0.3 is 0 Å². The van der Waals surface area contributed by atoms with Crippen LogP contribution in [0.3, 0.4) is 0 Å². The van der Waals surface area contributed by atoms with Crippen LogP contribution in [0.1, 0.15) is 36.0 Å². The summed E-state index contributed by atoms with van der Waals surface area (Å²) in [4.78, 5) is 11.6. The molecule has 0 amide bonds. The Morgan fingerprint density at radius 2 is 1.79 bits per heavy atom. The van der Waals surface area contributed by atoms with Crippen molar-refractivity contribution in [1.82, 2.24) is 0 Å². The highest BCUT2D eigenvalue weighted by Gasteiger charge is 2.03. The molecular formula is C12H17BO. The average molecular weight is 188 g/mol. The van der Waals surface area contributed by atoms with Gasteiger partial charge in [0.2, 0.25) is 0 Å². The molecule has 0 saturated heterocycles. The van der Waals surface area contributed by atoms with Gasteiger partial charge in [-0.05, 0) is 6.42 Å². The highest BCUT2D eigenvalue weighted by Crippen LogP contribution is 2.08. The lowest BCUT2D eigenvalue weighted by Crippen LogP contribution is -1.98. The molecule has 1 rings (SSSR count). The zero-order valence-electron chi connectivity index (χ0n) is 8.83. The van der Waals surface area contributed by atoms with Gasteiger partial charge in [0.25, 0.3) is 0 Å². The Bertz CT molecular complexity index is 269. The van der Waals surface area contributed by atoms with Crippen LogP contribution in [0.5, 0.6) is 0 Å². The maximum atomic E-state index is 11.6. The van der Waals surface area contributed by atoms with Gasteiger partial charge in [0.05, 0.1) is 0 Å². The van der Waals surface area contributed by atoms with E-state index in [2.05, 4.69) is 7.85 Å². The largest absolute Gasteiger partial charge is 0.294 e. The summed E-state index contributed by atoms with van der Waals surface area (Å²) >= 11 is 0. The molecule has 1 aromatic rings. The number of carbonyl (C=O) groups excluding carboxylic acids is 1. The van der Waals surface area contributed by atoms with Crippen LogP contribution in [0, 0.1) is 0 Å². The van der Waals surface area contributed by atoms with Crippen LogP contribution in [0.2, 0.25) is 6.32 Å². The molecule has 0 saturated carbocycles. The van der Waals surface area contributed by atoms with Gasteiger partial charge >= 0.3 is 0 Å². The predicted octanol–water partition coefficient (Wildman–Crippen LogP) is 2.48. The number of ketones is 1. The molecule has 0 aromatic heterocycles. The van der Waals surface area contributed by atoms with E-state index in [-0.39, 0.29) is 5.78 Å². The third kappa shape index (κ3) is 3.78. The molecule has 74 valence electrons. The second-order valence-corrected chi connectivity index (χ2v) is 3.60. The van der Waals surface area contributed by atoms with Gasteiger partial charge in [-0.25, -0.2) is 0 Å². The van der Waals surface area contributed by atoms with Crippen LogP contribution >= 0.6 is 0 Å². The van der Waals surface area contributed by atoms with Crippen LogP contribution in [0.15, 0.2) is 30.3 Å². The Morgan fingerprint density at radius 3 is 2.43 bits per heavy atom. The Hall–Kier alpha value is -1.05. The molecular weight excluding hydrogens is 171 g/mol. The number of rotatable bonds is 6. The number of carbonyl (C=O) groups is 1. The van der Waals surface area contributed by atoms with Crippen molar-refractivity contribution in [3.63, 3.8) is 0 Å². The summed E-state index contributed by atoms with van der Waals surface area (Å²) in [6, 6.07) is 9.55. The first kappa shape index (κ1) is 11.0. The number of hydrogen-bond acceptors (Lipinski definition) is 1. The second kappa shape index (κ2) is 6.42. The minimum absolute atomic E-state index is 0.279. The van der Waals surface area contributed by atoms with Crippen LogP contribution in [-0.2, 0) is 0 Å². The van der Waals surface area contributed by atoms with Crippen LogP contribution < -0.4 is 0 Å². The Kier molecular flexibility index (Phi) is 5.06. The van der Waals surface area contributed by atoms with Crippen molar-refractivity contribution in [2.24, 2.45) is 0 Å². The zero-order valence-corrected chi connectivity index (χ0v) is 8.83. The van der Waals surface area contributed by atoms with Gasteiger partial charge in [-0.15, -0.1) is 0 Å². The summed E-state index contributed by atoms with van der Waals surface area (Å²) in [5.74, 6) is 0.279. The average Bonchev–Trinajstić information content (AvgIpc) is 2.25. The van der Waals surface area contributed by atoms with E-state index >= 15 is 0 Å². The SMILES string of the molecule is BCCCCCC(=O)c1ccccc1. The Balaban J connectivity index is 2.29. The molecule has 0 atom stereocenters. The summed E-state index contributed by atoms with van der Waals surface area (Å²) < 4.78 is 0. The molecule has 0 fully saturated rings. The first-order valence-electron chi connectivity index (χ1n) is 5.43. The van der Waals surface area contributed by atoms with E-state index < -0.39 is 0 Å². The highest BCUT2D eigenvalue weighted by molar-refractivity contribution is 6.08. The molecule has 1 nitrogen and oxygen atoms in total. The summed E-state index contributed by atoms with van der Waals surface area (Å²) in [5.41, 5.74) is 0.851. The van der Waals surface area contributed by atoms with Crippen molar-refractivity contribution in [3.8, 4) is 0 Å². The van der Waals surface area contributed by atoms with Crippen molar-refractivity contribution in [2.45, 2.75) is 32.0 Å². The molecule has 0 heterocycles. The molecule has 0 radical (unpaired) electrons. The minimum Gasteiger partial charge on any atom is -0.294 e. The molecule has 1 aromatic carbocycles. The number of hydrogen-bond donors (Lipinski definition) is 0. The molecule has 2 heteroatoms. The van der Waals surface area contributed by atoms with Crippen molar-refractivity contribution in [2.75, 3.05) is 0 Å². The standard InChI is InChI=1S/C12H17BO/c13-10-6-2-5-9-12(14)11-7-3-1-4-8-11/h1,3-4,7-8H,2,5-6,9-10,13H2. The van der Waals surface area contributed by atoms with Gasteiger partial charge in [-0.1, -0.05) is 49.5 Å². The molecule has 0 bridgehead atoms. The highest BCUT2D eigenvalue weighted by atomic mass is 16.1. The van der Waals surface area contributed by atoms with Crippen molar-refractivity contribution >= 4 is 13.6 Å². The number of benzene rings is 1. The summed E-state index contributed by atoms with van der Waals surface area (Å²) in [7, 11) is 2.18. The van der Waals surface area contributed by atoms with Crippen molar-refractivity contribution in [3.05, 3.63) is 35.9 Å². The lowest BCUT2D eigenvalue weighted by Gasteiger charge is -2.00. The zero-order chi connectivity index (χ0) is 10.2. The minimum atomic E-state index is 0.279. The first-order valence-corrected chi connectivity index (χ1v) is 5.43. The quantitative estimate of drug-likeness (QED) is 0.380. The lowest BCUT2D eigenvalue weighted by atomic mass is 9.97. The third-order valence-corrected chi connectivity index (χ3v) is 2.35. The molecule has 0 unspecified atom stereocenters. The molecule has 14 heavy (non-hydrogen) atoms. The molecule has 0 aliphatic heterocycles. The fourth-order valence-electron chi connectivity index (χ4n) is 1.48. The third-order valence-electron chi connectivity index (χ3n) is 2.35. The number of Topliss-reactive ketones (excluding diaryl/α,β-unsaturated/α-hetero) is 1. The Labute approximate surface area is 86.9 Å². The van der Waals surface area contributed by atoms with Crippen LogP contribution in [0.25, 0.3) is 0 Å². The smallest absolute Gasteiger partial charge is 0.162 e. The van der Waals surface area contributed by atoms with Gasteiger partial charge in [0, 0.05) is 12.0 Å². The van der Waals surface area contributed by atoms with E-state index in [4.69, 9.17) is 0 Å². The van der Waals surface area contributed by atoms with Crippen molar-refractivity contribution < 1.29 is 4.79 Å². The molecule has 0 spiro atoms. The van der Waals surface area contributed by atoms with Gasteiger partial charge in [-0.3, -0.25) is 4.79 Å². The normalized spacial score (nSPS) is 10.0. The van der Waals surface area contributed by atoms with E-state index in [0.29, 0.717) is 6.42 Å². The van der Waals surface area contributed by atoms with Crippen molar-refractivity contribution in [1.29, 1.82) is 0 Å². The monoisotopic (exact) mass is 188 g/mol. The molecule has 0 N–H and O–H groups in total. The van der Waals surface area contributed by atoms with Gasteiger partial charge in [0.1, 0.15) is 7.85 Å². The Morgan fingerprint density at radius 1 is 1.07 bits per heavy atom. The molecule has 0 aliphatic carbocycles. The predicted molar refractivity (Wildman–Crippen MR) is 62.6 cm³/mol. The van der Waals surface area contributed by atoms with Gasteiger partial charge in [-0.2, -0.15) is 0 Å². The summed E-state index contributed by atoms with van der Waals surface area (Å²) in [5, 5.41) is 0. The fraction of sp³-hybridized carbons (Fsp3) is 0.417. The van der Waals surface area contributed by atoms with Crippen LogP contribution in [0.4, 0.5) is 0 Å². The first-order chi connectivity index (χ1) is 6.84. The summed E-state index contributed by atoms with van der Waals surface area (Å²) in [6.07, 6.45) is 5.36. The second-order valence-electron chi connectivity index (χ2n) is 3.60. The summed E-state index contributed by atoms with van der Waals surface area (Å²) in [6.45, 7) is 0. The van der Waals surface area contributed by atoms with E-state index in [1.54, 1.807) is 0 Å². The van der Waals surface area contributed by atoms with E-state index in [0.717, 1.165) is 12.0 Å².